The van der Waals surface area contributed by atoms with Crippen molar-refractivity contribution in [3.8, 4) is 0 Å². The number of halogens is 1. The van der Waals surface area contributed by atoms with E-state index in [0.29, 0.717) is 16.1 Å². The zero-order valence-corrected chi connectivity index (χ0v) is 10.7. The second kappa shape index (κ2) is 5.05. The average molecular weight is 292 g/mol. The van der Waals surface area contributed by atoms with Crippen LogP contribution in [0.15, 0.2) is 41.1 Å². The largest absolute Gasteiger partial charge is 0.305 e. The lowest BCUT2D eigenvalue weighted by Gasteiger charge is -2.04. The molecule has 0 aliphatic heterocycles. The molecular formula is C12H10BrN3O. The first-order valence-electron chi connectivity index (χ1n) is 5.02. The van der Waals surface area contributed by atoms with Crippen molar-refractivity contribution in [3.63, 3.8) is 0 Å². The molecule has 0 bridgehead atoms. The summed E-state index contributed by atoms with van der Waals surface area (Å²) in [7, 11) is 0. The fourth-order valence-electron chi connectivity index (χ4n) is 1.32. The molecule has 4 nitrogen and oxygen atoms in total. The van der Waals surface area contributed by atoms with Crippen molar-refractivity contribution in [2.75, 3.05) is 5.32 Å². The zero-order chi connectivity index (χ0) is 12.3. The third-order valence-corrected chi connectivity index (χ3v) is 2.55. The molecule has 1 N–H and O–H groups in total. The van der Waals surface area contributed by atoms with Gasteiger partial charge in [-0.2, -0.15) is 0 Å². The van der Waals surface area contributed by atoms with Crippen molar-refractivity contribution in [2.24, 2.45) is 0 Å². The van der Waals surface area contributed by atoms with Crippen LogP contribution in [-0.4, -0.2) is 15.9 Å². The Labute approximate surface area is 107 Å². The van der Waals surface area contributed by atoms with E-state index in [2.05, 4.69) is 31.2 Å². The number of nitrogens with zero attached hydrogens (tertiary/aromatic N) is 2. The van der Waals surface area contributed by atoms with Gasteiger partial charge in [0.25, 0.3) is 5.91 Å². The summed E-state index contributed by atoms with van der Waals surface area (Å²) in [6.07, 6.45) is 1.65. The molecule has 2 aromatic heterocycles. The van der Waals surface area contributed by atoms with E-state index in [-0.39, 0.29) is 5.91 Å². The van der Waals surface area contributed by atoms with Crippen LogP contribution < -0.4 is 5.32 Å². The van der Waals surface area contributed by atoms with Crippen LogP contribution >= 0.6 is 15.9 Å². The summed E-state index contributed by atoms with van der Waals surface area (Å²) < 4.78 is 0.627. The van der Waals surface area contributed by atoms with Crippen molar-refractivity contribution < 1.29 is 4.79 Å². The summed E-state index contributed by atoms with van der Waals surface area (Å²) in [6.45, 7) is 1.94. The van der Waals surface area contributed by atoms with E-state index in [1.54, 1.807) is 30.5 Å². The Bertz CT molecular complexity index is 557. The number of aromatic nitrogens is 2. The third kappa shape index (κ3) is 3.10. The number of hydrogen-bond donors (Lipinski definition) is 1. The van der Waals surface area contributed by atoms with E-state index < -0.39 is 0 Å². The number of rotatable bonds is 2. The quantitative estimate of drug-likeness (QED) is 0.866. The Kier molecular flexibility index (Phi) is 3.49. The van der Waals surface area contributed by atoms with E-state index in [0.717, 1.165) is 5.56 Å². The normalized spacial score (nSPS) is 10.0. The van der Waals surface area contributed by atoms with Crippen LogP contribution in [0.3, 0.4) is 0 Å². The van der Waals surface area contributed by atoms with Gasteiger partial charge < -0.3 is 5.32 Å². The average Bonchev–Trinajstić information content (AvgIpc) is 2.29. The number of aryl methyl sites for hydroxylation is 1. The first-order chi connectivity index (χ1) is 8.15. The molecule has 0 saturated heterocycles. The molecule has 0 aliphatic rings. The van der Waals surface area contributed by atoms with Crippen LogP contribution in [-0.2, 0) is 0 Å². The Morgan fingerprint density at radius 1 is 1.35 bits per heavy atom. The topological polar surface area (TPSA) is 54.9 Å². The molecule has 0 radical (unpaired) electrons. The minimum atomic E-state index is -0.274. The number of amides is 1. The first-order valence-corrected chi connectivity index (χ1v) is 5.81. The molecule has 2 aromatic rings. The van der Waals surface area contributed by atoms with Gasteiger partial charge in [0, 0.05) is 6.20 Å². The lowest BCUT2D eigenvalue weighted by molar-refractivity contribution is 0.102. The number of carbonyl (C=O) groups excluding carboxylic acids is 1. The standard InChI is InChI=1S/C12H10BrN3O/c1-8-5-6-14-11(7-8)16-12(17)9-3-2-4-10(13)15-9/h2-7H,1H3,(H,14,16,17). The number of carbonyl (C=O) groups is 1. The summed E-state index contributed by atoms with van der Waals surface area (Å²) in [5.41, 5.74) is 1.39. The molecule has 0 fully saturated rings. The first kappa shape index (κ1) is 11.7. The minimum Gasteiger partial charge on any atom is -0.305 e. The van der Waals surface area contributed by atoms with E-state index >= 15 is 0 Å². The van der Waals surface area contributed by atoms with Crippen LogP contribution in [0.1, 0.15) is 16.1 Å². The van der Waals surface area contributed by atoms with Gasteiger partial charge in [0.15, 0.2) is 0 Å². The minimum absolute atomic E-state index is 0.274. The van der Waals surface area contributed by atoms with Crippen molar-refractivity contribution in [3.05, 3.63) is 52.4 Å². The third-order valence-electron chi connectivity index (χ3n) is 2.10. The second-order valence-electron chi connectivity index (χ2n) is 3.52. The highest BCUT2D eigenvalue weighted by Crippen LogP contribution is 2.09. The fourth-order valence-corrected chi connectivity index (χ4v) is 1.66. The Morgan fingerprint density at radius 3 is 2.88 bits per heavy atom. The molecule has 17 heavy (non-hydrogen) atoms. The van der Waals surface area contributed by atoms with Crippen molar-refractivity contribution >= 4 is 27.7 Å². The fraction of sp³-hybridized carbons (Fsp3) is 0.0833. The van der Waals surface area contributed by atoms with Crippen molar-refractivity contribution in [1.29, 1.82) is 0 Å². The van der Waals surface area contributed by atoms with Gasteiger partial charge in [0.1, 0.15) is 16.1 Å². The highest BCUT2D eigenvalue weighted by Gasteiger charge is 2.08. The van der Waals surface area contributed by atoms with E-state index in [1.807, 2.05) is 13.0 Å². The summed E-state index contributed by atoms with van der Waals surface area (Å²) in [4.78, 5) is 20.0. The van der Waals surface area contributed by atoms with Gasteiger partial charge in [0.2, 0.25) is 0 Å². The number of pyridine rings is 2. The lowest BCUT2D eigenvalue weighted by Crippen LogP contribution is -2.14. The monoisotopic (exact) mass is 291 g/mol. The highest BCUT2D eigenvalue weighted by molar-refractivity contribution is 9.10. The SMILES string of the molecule is Cc1ccnc(NC(=O)c2cccc(Br)n2)c1. The van der Waals surface area contributed by atoms with Crippen LogP contribution in [0.5, 0.6) is 0 Å². The van der Waals surface area contributed by atoms with Crippen LogP contribution in [0.2, 0.25) is 0 Å². The van der Waals surface area contributed by atoms with Gasteiger partial charge >= 0.3 is 0 Å². The summed E-state index contributed by atoms with van der Waals surface area (Å²) in [5, 5.41) is 2.69. The molecule has 0 saturated carbocycles. The van der Waals surface area contributed by atoms with Gasteiger partial charge in [-0.15, -0.1) is 0 Å². The Morgan fingerprint density at radius 2 is 2.18 bits per heavy atom. The maximum Gasteiger partial charge on any atom is 0.275 e. The van der Waals surface area contributed by atoms with Crippen LogP contribution in [0.25, 0.3) is 0 Å². The molecule has 5 heteroatoms. The summed E-state index contributed by atoms with van der Waals surface area (Å²) in [5.74, 6) is 0.251. The van der Waals surface area contributed by atoms with Gasteiger partial charge in [-0.05, 0) is 52.7 Å². The molecule has 0 spiro atoms. The van der Waals surface area contributed by atoms with Crippen molar-refractivity contribution in [1.82, 2.24) is 9.97 Å². The number of nitrogens with one attached hydrogen (secondary N) is 1. The van der Waals surface area contributed by atoms with Gasteiger partial charge in [-0.3, -0.25) is 4.79 Å². The molecular weight excluding hydrogens is 282 g/mol. The molecule has 2 heterocycles. The second-order valence-corrected chi connectivity index (χ2v) is 4.33. The summed E-state index contributed by atoms with van der Waals surface area (Å²) >= 11 is 3.22. The van der Waals surface area contributed by atoms with Crippen LogP contribution in [0.4, 0.5) is 5.82 Å². The van der Waals surface area contributed by atoms with Crippen molar-refractivity contribution in [2.45, 2.75) is 6.92 Å². The predicted octanol–water partition coefficient (Wildman–Crippen LogP) is 2.80. The predicted molar refractivity (Wildman–Crippen MR) is 68.9 cm³/mol. The lowest BCUT2D eigenvalue weighted by atomic mass is 10.3. The van der Waals surface area contributed by atoms with Gasteiger partial charge in [0.05, 0.1) is 0 Å². The molecule has 0 aliphatic carbocycles. The highest BCUT2D eigenvalue weighted by atomic mass is 79.9. The number of hydrogen-bond acceptors (Lipinski definition) is 3. The Balaban J connectivity index is 2.17. The molecule has 0 unspecified atom stereocenters. The maximum absolute atomic E-state index is 11.8. The van der Waals surface area contributed by atoms with Crippen LogP contribution in [0, 0.1) is 6.92 Å². The number of anilines is 1. The summed E-state index contributed by atoms with van der Waals surface area (Å²) in [6, 6.07) is 8.84. The zero-order valence-electron chi connectivity index (χ0n) is 9.14. The smallest absolute Gasteiger partial charge is 0.275 e. The van der Waals surface area contributed by atoms with E-state index in [4.69, 9.17) is 0 Å². The Hall–Kier alpha value is -1.75. The van der Waals surface area contributed by atoms with E-state index in [9.17, 15) is 4.79 Å². The molecule has 2 rings (SSSR count). The maximum atomic E-state index is 11.8. The van der Waals surface area contributed by atoms with Gasteiger partial charge in [-0.1, -0.05) is 6.07 Å². The molecule has 0 aromatic carbocycles. The van der Waals surface area contributed by atoms with Gasteiger partial charge in [-0.25, -0.2) is 9.97 Å². The molecule has 86 valence electrons. The molecule has 0 atom stereocenters. The molecule has 1 amide bonds. The van der Waals surface area contributed by atoms with E-state index in [1.165, 1.54) is 0 Å².